The minimum absolute atomic E-state index is 0.0358. The van der Waals surface area contributed by atoms with Crippen LogP contribution in [0, 0.1) is 0 Å². The zero-order valence-electron chi connectivity index (χ0n) is 11.2. The van der Waals surface area contributed by atoms with Crippen LogP contribution in [0.4, 0.5) is 0 Å². The van der Waals surface area contributed by atoms with Crippen molar-refractivity contribution in [1.82, 2.24) is 4.90 Å². The predicted molar refractivity (Wildman–Crippen MR) is 66.2 cm³/mol. The second-order valence-corrected chi connectivity index (χ2v) is 5.45. The Morgan fingerprint density at radius 2 is 2.28 bits per heavy atom. The number of rotatable bonds is 4. The number of hydrogen-bond acceptors (Lipinski definition) is 4. The fraction of sp³-hybridized carbons (Fsp3) is 0.923. The number of carbonyl (C=O) groups excluding carboxylic acids is 1. The quantitative estimate of drug-likeness (QED) is 0.799. The molecule has 5 heteroatoms. The highest BCUT2D eigenvalue weighted by Gasteiger charge is 2.41. The molecular weight excluding hydrogens is 234 g/mol. The van der Waals surface area contributed by atoms with Gasteiger partial charge in [-0.1, -0.05) is 0 Å². The lowest BCUT2D eigenvalue weighted by atomic mass is 9.77. The number of ether oxygens (including phenoxy) is 2. The van der Waals surface area contributed by atoms with Gasteiger partial charge in [-0.15, -0.1) is 0 Å². The lowest BCUT2D eigenvalue weighted by molar-refractivity contribution is -0.157. The average molecular weight is 257 g/mol. The standard InChI is InChI=1S/C13H23NO4/c1-10-9-18-11(8-15)7-14(10)12(16)6-13(17-2)4-3-5-13/h10-11,15H,3-9H2,1-2H3. The zero-order chi connectivity index (χ0) is 13.2. The summed E-state index contributed by atoms with van der Waals surface area (Å²) in [6.45, 7) is 2.92. The number of carbonyl (C=O) groups is 1. The molecule has 1 saturated heterocycles. The monoisotopic (exact) mass is 257 g/mol. The molecule has 1 amide bonds. The highest BCUT2D eigenvalue weighted by atomic mass is 16.5. The number of amides is 1. The molecule has 5 nitrogen and oxygen atoms in total. The Labute approximate surface area is 108 Å². The van der Waals surface area contributed by atoms with E-state index in [0.717, 1.165) is 19.3 Å². The molecule has 0 aromatic heterocycles. The van der Waals surface area contributed by atoms with Gasteiger partial charge in [-0.05, 0) is 26.2 Å². The molecule has 1 heterocycles. The molecule has 2 aliphatic rings. The summed E-state index contributed by atoms with van der Waals surface area (Å²) in [6, 6.07) is 0.0780. The molecule has 1 aliphatic carbocycles. The molecule has 0 aromatic rings. The van der Waals surface area contributed by atoms with Crippen molar-refractivity contribution in [2.75, 3.05) is 26.9 Å². The van der Waals surface area contributed by atoms with Crippen molar-refractivity contribution in [2.45, 2.75) is 50.4 Å². The van der Waals surface area contributed by atoms with Crippen molar-refractivity contribution in [3.8, 4) is 0 Å². The summed E-state index contributed by atoms with van der Waals surface area (Å²) >= 11 is 0. The topological polar surface area (TPSA) is 59.0 Å². The summed E-state index contributed by atoms with van der Waals surface area (Å²) in [5, 5.41) is 9.13. The molecule has 0 bridgehead atoms. The van der Waals surface area contributed by atoms with Gasteiger partial charge in [-0.3, -0.25) is 4.79 Å². The number of morpholine rings is 1. The van der Waals surface area contributed by atoms with Gasteiger partial charge in [-0.2, -0.15) is 0 Å². The van der Waals surface area contributed by atoms with E-state index in [1.807, 2.05) is 11.8 Å². The number of aliphatic hydroxyl groups excluding tert-OH is 1. The molecule has 1 aliphatic heterocycles. The minimum Gasteiger partial charge on any atom is -0.394 e. The van der Waals surface area contributed by atoms with Crippen LogP contribution < -0.4 is 0 Å². The zero-order valence-corrected chi connectivity index (χ0v) is 11.2. The first-order chi connectivity index (χ1) is 8.60. The Bertz CT molecular complexity index is 298. The first-order valence-electron chi connectivity index (χ1n) is 6.67. The first kappa shape index (κ1) is 13.8. The summed E-state index contributed by atoms with van der Waals surface area (Å²) in [5.74, 6) is 0.116. The Kier molecular flexibility index (Phi) is 4.25. The van der Waals surface area contributed by atoms with Crippen LogP contribution in [0.1, 0.15) is 32.6 Å². The van der Waals surface area contributed by atoms with Crippen LogP contribution in [0.5, 0.6) is 0 Å². The third kappa shape index (κ3) is 2.68. The van der Waals surface area contributed by atoms with E-state index in [1.165, 1.54) is 0 Å². The Hall–Kier alpha value is -0.650. The lowest BCUT2D eigenvalue weighted by Gasteiger charge is -2.43. The van der Waals surface area contributed by atoms with Crippen molar-refractivity contribution in [2.24, 2.45) is 0 Å². The summed E-state index contributed by atoms with van der Waals surface area (Å²) < 4.78 is 10.9. The van der Waals surface area contributed by atoms with E-state index < -0.39 is 0 Å². The summed E-state index contributed by atoms with van der Waals surface area (Å²) in [7, 11) is 1.69. The van der Waals surface area contributed by atoms with Gasteiger partial charge in [0, 0.05) is 13.7 Å². The maximum absolute atomic E-state index is 12.3. The van der Waals surface area contributed by atoms with E-state index in [9.17, 15) is 4.79 Å². The van der Waals surface area contributed by atoms with Gasteiger partial charge in [0.1, 0.15) is 0 Å². The molecule has 104 valence electrons. The molecule has 18 heavy (non-hydrogen) atoms. The van der Waals surface area contributed by atoms with Crippen LogP contribution in [-0.4, -0.2) is 60.5 Å². The van der Waals surface area contributed by atoms with Crippen molar-refractivity contribution >= 4 is 5.91 Å². The molecule has 0 aromatic carbocycles. The summed E-state index contributed by atoms with van der Waals surface area (Å²) in [6.07, 6.45) is 3.28. The van der Waals surface area contributed by atoms with Crippen molar-refractivity contribution in [3.05, 3.63) is 0 Å². The average Bonchev–Trinajstić information content (AvgIpc) is 2.34. The smallest absolute Gasteiger partial charge is 0.225 e. The van der Waals surface area contributed by atoms with Gasteiger partial charge < -0.3 is 19.5 Å². The molecular formula is C13H23NO4. The van der Waals surface area contributed by atoms with Gasteiger partial charge in [0.15, 0.2) is 0 Å². The van der Waals surface area contributed by atoms with Crippen LogP contribution in [0.15, 0.2) is 0 Å². The Balaban J connectivity index is 1.94. The third-order valence-corrected chi connectivity index (χ3v) is 4.20. The van der Waals surface area contributed by atoms with Gasteiger partial charge >= 0.3 is 0 Å². The Morgan fingerprint density at radius 3 is 2.78 bits per heavy atom. The largest absolute Gasteiger partial charge is 0.394 e. The van der Waals surface area contributed by atoms with Gasteiger partial charge in [0.05, 0.1) is 37.4 Å². The van der Waals surface area contributed by atoms with Gasteiger partial charge in [-0.25, -0.2) is 0 Å². The van der Waals surface area contributed by atoms with Gasteiger partial charge in [0.2, 0.25) is 5.91 Å². The molecule has 2 fully saturated rings. The third-order valence-electron chi connectivity index (χ3n) is 4.20. The first-order valence-corrected chi connectivity index (χ1v) is 6.67. The van der Waals surface area contributed by atoms with E-state index in [2.05, 4.69) is 0 Å². The lowest BCUT2D eigenvalue weighted by Crippen LogP contribution is -2.54. The highest BCUT2D eigenvalue weighted by molar-refractivity contribution is 5.78. The number of hydrogen-bond donors (Lipinski definition) is 1. The predicted octanol–water partition coefficient (Wildman–Crippen LogP) is 0.554. The number of methoxy groups -OCH3 is 1. The molecule has 1 saturated carbocycles. The highest BCUT2D eigenvalue weighted by Crippen LogP contribution is 2.38. The van der Waals surface area contributed by atoms with Crippen molar-refractivity contribution in [1.29, 1.82) is 0 Å². The maximum Gasteiger partial charge on any atom is 0.225 e. The van der Waals surface area contributed by atoms with Crippen molar-refractivity contribution in [3.63, 3.8) is 0 Å². The summed E-state index contributed by atoms with van der Waals surface area (Å²) in [5.41, 5.74) is -0.232. The van der Waals surface area contributed by atoms with Crippen molar-refractivity contribution < 1.29 is 19.4 Å². The van der Waals surface area contributed by atoms with E-state index >= 15 is 0 Å². The minimum atomic E-state index is -0.245. The molecule has 1 N–H and O–H groups in total. The second-order valence-electron chi connectivity index (χ2n) is 5.45. The maximum atomic E-state index is 12.3. The van der Waals surface area contributed by atoms with Crippen LogP contribution in [0.25, 0.3) is 0 Å². The fourth-order valence-electron chi connectivity index (χ4n) is 2.68. The SMILES string of the molecule is COC1(CC(=O)N2CC(CO)OCC2C)CCC1. The molecule has 2 rings (SSSR count). The fourth-order valence-corrected chi connectivity index (χ4v) is 2.68. The van der Waals surface area contributed by atoms with Crippen LogP contribution >= 0.6 is 0 Å². The molecule has 0 radical (unpaired) electrons. The molecule has 2 unspecified atom stereocenters. The second kappa shape index (κ2) is 5.55. The Morgan fingerprint density at radius 1 is 1.56 bits per heavy atom. The van der Waals surface area contributed by atoms with Crippen LogP contribution in [-0.2, 0) is 14.3 Å². The van der Waals surface area contributed by atoms with E-state index in [0.29, 0.717) is 19.6 Å². The molecule has 0 spiro atoms. The number of nitrogens with zero attached hydrogens (tertiary/aromatic N) is 1. The van der Waals surface area contributed by atoms with Crippen LogP contribution in [0.2, 0.25) is 0 Å². The van der Waals surface area contributed by atoms with Crippen LogP contribution in [0.3, 0.4) is 0 Å². The van der Waals surface area contributed by atoms with E-state index in [1.54, 1.807) is 7.11 Å². The van der Waals surface area contributed by atoms with E-state index in [-0.39, 0.29) is 30.3 Å². The van der Waals surface area contributed by atoms with Gasteiger partial charge in [0.25, 0.3) is 0 Å². The number of aliphatic hydroxyl groups is 1. The molecule has 2 atom stereocenters. The van der Waals surface area contributed by atoms with E-state index in [4.69, 9.17) is 14.6 Å². The summed E-state index contributed by atoms with van der Waals surface area (Å²) in [4.78, 5) is 14.2. The normalized spacial score (nSPS) is 30.9.